The number of hydrogen-bond acceptors (Lipinski definition) is 4. The van der Waals surface area contributed by atoms with Gasteiger partial charge < -0.3 is 9.26 Å². The van der Waals surface area contributed by atoms with E-state index in [0.29, 0.717) is 15.7 Å². The smallest absolute Gasteiger partial charge is 0.344 e. The highest BCUT2D eigenvalue weighted by Crippen LogP contribution is 2.29. The van der Waals surface area contributed by atoms with E-state index in [1.807, 2.05) is 0 Å². The average Bonchev–Trinajstić information content (AvgIpc) is 2.75. The molecule has 0 unspecified atom stereocenters. The zero-order chi connectivity index (χ0) is 14.0. The monoisotopic (exact) mass is 327 g/mol. The van der Waals surface area contributed by atoms with Crippen LogP contribution in [0.2, 0.25) is 0 Å². The van der Waals surface area contributed by atoms with Gasteiger partial charge in [0.05, 0.1) is 16.8 Å². The molecule has 1 heterocycles. The average molecular weight is 328 g/mol. The van der Waals surface area contributed by atoms with Crippen LogP contribution in [0.4, 0.5) is 4.39 Å². The molecule has 4 nitrogen and oxygen atoms in total. The Hall–Kier alpha value is -1.69. The molecule has 0 saturated heterocycles. The molecule has 0 N–H and O–H groups in total. The minimum absolute atomic E-state index is 0.211. The van der Waals surface area contributed by atoms with Crippen molar-refractivity contribution >= 4 is 21.9 Å². The molecule has 0 bridgehead atoms. The normalized spacial score (nSPS) is 10.5. The van der Waals surface area contributed by atoms with E-state index < -0.39 is 11.8 Å². The van der Waals surface area contributed by atoms with Gasteiger partial charge in [-0.25, -0.2) is 9.18 Å². The van der Waals surface area contributed by atoms with Gasteiger partial charge >= 0.3 is 5.97 Å². The molecule has 0 radical (unpaired) electrons. The van der Waals surface area contributed by atoms with Gasteiger partial charge in [0.1, 0.15) is 11.4 Å². The fraction of sp³-hybridized carbons (Fsp3) is 0.231. The third kappa shape index (κ3) is 2.68. The molecular weight excluding hydrogens is 317 g/mol. The summed E-state index contributed by atoms with van der Waals surface area (Å²) in [6.45, 7) is 3.59. The van der Waals surface area contributed by atoms with E-state index in [0.717, 1.165) is 0 Å². The highest BCUT2D eigenvalue weighted by Gasteiger charge is 2.23. The van der Waals surface area contributed by atoms with Crippen molar-refractivity contribution in [3.63, 3.8) is 0 Å². The molecule has 1 aromatic carbocycles. The molecule has 0 fully saturated rings. The summed E-state index contributed by atoms with van der Waals surface area (Å²) in [5, 5.41) is 3.74. The predicted molar refractivity (Wildman–Crippen MR) is 70.3 cm³/mol. The standard InChI is InChI=1S/C13H11BrFNO3/c1-3-18-13(17)11-7(2)16-19-12(11)8-4-5-9(14)10(15)6-8/h4-6H,3H2,1-2H3. The largest absolute Gasteiger partial charge is 0.462 e. The van der Waals surface area contributed by atoms with Gasteiger partial charge in [0.2, 0.25) is 0 Å². The minimum Gasteiger partial charge on any atom is -0.462 e. The molecule has 19 heavy (non-hydrogen) atoms. The van der Waals surface area contributed by atoms with E-state index in [1.165, 1.54) is 12.1 Å². The Kier molecular flexibility index (Phi) is 3.99. The highest BCUT2D eigenvalue weighted by atomic mass is 79.9. The molecule has 0 aliphatic heterocycles. The summed E-state index contributed by atoms with van der Waals surface area (Å²) in [6, 6.07) is 4.44. The highest BCUT2D eigenvalue weighted by molar-refractivity contribution is 9.10. The summed E-state index contributed by atoms with van der Waals surface area (Å²) in [7, 11) is 0. The number of esters is 1. The topological polar surface area (TPSA) is 52.3 Å². The molecule has 0 spiro atoms. The van der Waals surface area contributed by atoms with Gasteiger partial charge in [-0.3, -0.25) is 0 Å². The van der Waals surface area contributed by atoms with Gasteiger partial charge in [-0.05, 0) is 48.0 Å². The van der Waals surface area contributed by atoms with Crippen LogP contribution < -0.4 is 0 Å². The van der Waals surface area contributed by atoms with Crippen molar-refractivity contribution < 1.29 is 18.4 Å². The lowest BCUT2D eigenvalue weighted by Gasteiger charge is -2.03. The van der Waals surface area contributed by atoms with Crippen molar-refractivity contribution in [3.8, 4) is 11.3 Å². The maximum absolute atomic E-state index is 13.5. The van der Waals surface area contributed by atoms with E-state index in [4.69, 9.17) is 9.26 Å². The molecule has 100 valence electrons. The number of carbonyl (C=O) groups excluding carboxylic acids is 1. The molecule has 2 aromatic rings. The summed E-state index contributed by atoms with van der Waals surface area (Å²) >= 11 is 3.07. The van der Waals surface area contributed by atoms with Crippen LogP contribution in [0.3, 0.4) is 0 Å². The summed E-state index contributed by atoms with van der Waals surface area (Å²) in [5.74, 6) is -0.761. The van der Waals surface area contributed by atoms with Gasteiger partial charge in [-0.15, -0.1) is 0 Å². The Morgan fingerprint density at radius 1 is 1.53 bits per heavy atom. The van der Waals surface area contributed by atoms with E-state index in [1.54, 1.807) is 19.9 Å². The first-order valence-electron chi connectivity index (χ1n) is 5.63. The van der Waals surface area contributed by atoms with Gasteiger partial charge in [-0.1, -0.05) is 5.16 Å². The third-order valence-corrected chi connectivity index (χ3v) is 3.17. The lowest BCUT2D eigenvalue weighted by atomic mass is 10.1. The number of benzene rings is 1. The van der Waals surface area contributed by atoms with E-state index in [9.17, 15) is 9.18 Å². The fourth-order valence-corrected chi connectivity index (χ4v) is 1.89. The lowest BCUT2D eigenvalue weighted by molar-refractivity contribution is 0.0526. The van der Waals surface area contributed by atoms with Crippen molar-refractivity contribution in [2.24, 2.45) is 0 Å². The number of aromatic nitrogens is 1. The number of halogens is 2. The van der Waals surface area contributed by atoms with Crippen LogP contribution in [0.5, 0.6) is 0 Å². The second-order valence-corrected chi connectivity index (χ2v) is 4.68. The van der Waals surface area contributed by atoms with E-state index >= 15 is 0 Å². The van der Waals surface area contributed by atoms with Crippen LogP contribution in [0, 0.1) is 12.7 Å². The SMILES string of the molecule is CCOC(=O)c1c(C)noc1-c1ccc(Br)c(F)c1. The van der Waals surface area contributed by atoms with Crippen LogP contribution in [0.25, 0.3) is 11.3 Å². The zero-order valence-corrected chi connectivity index (χ0v) is 12.0. The zero-order valence-electron chi connectivity index (χ0n) is 10.4. The van der Waals surface area contributed by atoms with Crippen LogP contribution >= 0.6 is 15.9 Å². The molecule has 0 amide bonds. The van der Waals surface area contributed by atoms with E-state index in [-0.39, 0.29) is 17.9 Å². The molecule has 0 aliphatic carbocycles. The Morgan fingerprint density at radius 2 is 2.26 bits per heavy atom. The van der Waals surface area contributed by atoms with Crippen molar-refractivity contribution in [2.45, 2.75) is 13.8 Å². The number of hydrogen-bond donors (Lipinski definition) is 0. The summed E-state index contributed by atoms with van der Waals surface area (Å²) in [6.07, 6.45) is 0. The summed E-state index contributed by atoms with van der Waals surface area (Å²) in [5.41, 5.74) is 1.07. The summed E-state index contributed by atoms with van der Waals surface area (Å²) < 4.78 is 23.9. The Labute approximate surface area is 117 Å². The third-order valence-electron chi connectivity index (χ3n) is 2.52. The van der Waals surface area contributed by atoms with Crippen molar-refractivity contribution in [1.82, 2.24) is 5.16 Å². The minimum atomic E-state index is -0.528. The van der Waals surface area contributed by atoms with Crippen LogP contribution in [0.15, 0.2) is 27.2 Å². The summed E-state index contributed by atoms with van der Waals surface area (Å²) in [4.78, 5) is 11.8. The second kappa shape index (κ2) is 5.52. The predicted octanol–water partition coefficient (Wildman–Crippen LogP) is 3.73. The van der Waals surface area contributed by atoms with Crippen molar-refractivity contribution in [3.05, 3.63) is 39.7 Å². The molecule has 2 rings (SSSR count). The van der Waals surface area contributed by atoms with Gasteiger partial charge in [0, 0.05) is 5.56 Å². The van der Waals surface area contributed by atoms with Gasteiger partial charge in [-0.2, -0.15) is 0 Å². The van der Waals surface area contributed by atoms with Crippen molar-refractivity contribution in [1.29, 1.82) is 0 Å². The second-order valence-electron chi connectivity index (χ2n) is 3.82. The molecule has 6 heteroatoms. The Morgan fingerprint density at radius 3 is 2.89 bits per heavy atom. The lowest BCUT2D eigenvalue weighted by Crippen LogP contribution is -2.06. The first-order chi connectivity index (χ1) is 9.04. The van der Waals surface area contributed by atoms with Crippen LogP contribution in [-0.2, 0) is 4.74 Å². The fourth-order valence-electron chi connectivity index (χ4n) is 1.65. The van der Waals surface area contributed by atoms with Crippen LogP contribution in [-0.4, -0.2) is 17.7 Å². The molecule has 0 atom stereocenters. The molecule has 0 aliphatic rings. The quantitative estimate of drug-likeness (QED) is 0.806. The molecule has 0 saturated carbocycles. The van der Waals surface area contributed by atoms with Gasteiger partial charge in [0.15, 0.2) is 5.76 Å². The first-order valence-corrected chi connectivity index (χ1v) is 6.42. The number of nitrogens with zero attached hydrogens (tertiary/aromatic N) is 1. The number of carbonyl (C=O) groups is 1. The molecular formula is C13H11BrFNO3. The maximum Gasteiger partial charge on any atom is 0.344 e. The number of rotatable bonds is 3. The Balaban J connectivity index is 2.50. The van der Waals surface area contributed by atoms with E-state index in [2.05, 4.69) is 21.1 Å². The Bertz CT molecular complexity index is 624. The number of aryl methyl sites for hydroxylation is 1. The molecule has 1 aromatic heterocycles. The number of ether oxygens (including phenoxy) is 1. The van der Waals surface area contributed by atoms with Gasteiger partial charge in [0.25, 0.3) is 0 Å². The van der Waals surface area contributed by atoms with Crippen LogP contribution in [0.1, 0.15) is 23.0 Å². The maximum atomic E-state index is 13.5. The van der Waals surface area contributed by atoms with Crippen molar-refractivity contribution in [2.75, 3.05) is 6.61 Å². The first kappa shape index (κ1) is 13.7.